The molecule has 3 heteroatoms. The van der Waals surface area contributed by atoms with E-state index in [0.717, 1.165) is 22.3 Å². The number of fused-ring (bicyclic) bond motifs is 1. The van der Waals surface area contributed by atoms with Crippen LogP contribution >= 0.6 is 0 Å². The summed E-state index contributed by atoms with van der Waals surface area (Å²) in [5, 5.41) is 4.19. The molecular weight excluding hydrogens is 236 g/mol. The third-order valence-electron chi connectivity index (χ3n) is 4.11. The third-order valence-corrected chi connectivity index (χ3v) is 4.11. The number of para-hydroxylation sites is 1. The molecule has 0 aliphatic heterocycles. The van der Waals surface area contributed by atoms with Crippen LogP contribution in [0.25, 0.3) is 10.9 Å². The van der Waals surface area contributed by atoms with E-state index in [-0.39, 0.29) is 5.91 Å². The van der Waals surface area contributed by atoms with Crippen LogP contribution in [0.5, 0.6) is 0 Å². The predicted octanol–water partition coefficient (Wildman–Crippen LogP) is 4.00. The number of benzene rings is 1. The lowest BCUT2D eigenvalue weighted by molar-refractivity contribution is -0.117. The second-order valence-electron chi connectivity index (χ2n) is 5.57. The smallest absolute Gasteiger partial charge is 0.224 e. The summed E-state index contributed by atoms with van der Waals surface area (Å²) in [5.74, 6) is 0.741. The molecule has 0 bridgehead atoms. The summed E-state index contributed by atoms with van der Waals surface area (Å²) in [5.41, 5.74) is 3.05. The van der Waals surface area contributed by atoms with Gasteiger partial charge in [-0.3, -0.25) is 4.79 Å². The van der Waals surface area contributed by atoms with Gasteiger partial charge in [-0.2, -0.15) is 0 Å². The number of H-pyrrole nitrogens is 1. The van der Waals surface area contributed by atoms with E-state index in [1.54, 1.807) is 0 Å². The van der Waals surface area contributed by atoms with Crippen LogP contribution in [0.4, 0.5) is 5.69 Å². The molecule has 3 nitrogen and oxygen atoms in total. The van der Waals surface area contributed by atoms with Crippen molar-refractivity contribution in [2.45, 2.75) is 39.0 Å². The Bertz CT molecular complexity index is 594. The molecule has 1 aliphatic rings. The van der Waals surface area contributed by atoms with E-state index in [9.17, 15) is 4.79 Å². The zero-order valence-corrected chi connectivity index (χ0v) is 11.3. The van der Waals surface area contributed by atoms with E-state index in [1.807, 2.05) is 31.2 Å². The Kier molecular flexibility index (Phi) is 3.28. The topological polar surface area (TPSA) is 44.9 Å². The lowest BCUT2D eigenvalue weighted by Gasteiger charge is -2.09. The van der Waals surface area contributed by atoms with E-state index in [2.05, 4.69) is 10.3 Å². The maximum Gasteiger partial charge on any atom is 0.224 e. The highest BCUT2D eigenvalue weighted by Crippen LogP contribution is 2.30. The van der Waals surface area contributed by atoms with E-state index >= 15 is 0 Å². The fraction of sp³-hybridized carbons (Fsp3) is 0.438. The van der Waals surface area contributed by atoms with Crippen molar-refractivity contribution in [3.8, 4) is 0 Å². The average molecular weight is 256 g/mol. The summed E-state index contributed by atoms with van der Waals surface area (Å²) in [7, 11) is 0. The number of nitrogens with one attached hydrogen (secondary N) is 2. The third kappa shape index (κ3) is 2.50. The predicted molar refractivity (Wildman–Crippen MR) is 78.2 cm³/mol. The molecule has 1 aliphatic carbocycles. The Morgan fingerprint density at radius 3 is 2.84 bits per heavy atom. The zero-order chi connectivity index (χ0) is 13.2. The number of hydrogen-bond acceptors (Lipinski definition) is 1. The molecule has 0 spiro atoms. The highest BCUT2D eigenvalue weighted by Gasteiger charge is 2.19. The van der Waals surface area contributed by atoms with Gasteiger partial charge in [-0.25, -0.2) is 0 Å². The molecule has 3 rings (SSSR count). The summed E-state index contributed by atoms with van der Waals surface area (Å²) < 4.78 is 0. The van der Waals surface area contributed by atoms with Gasteiger partial charge in [0.05, 0.1) is 5.69 Å². The fourth-order valence-corrected chi connectivity index (χ4v) is 3.10. The maximum atomic E-state index is 12.1. The molecular formula is C16H20N2O. The molecule has 2 N–H and O–H groups in total. The molecule has 1 aromatic carbocycles. The SMILES string of the molecule is Cc1[nH]c2ccccc2c1NC(=O)CC1CCCC1. The van der Waals surface area contributed by atoms with Crippen molar-refractivity contribution in [1.82, 2.24) is 4.98 Å². The maximum absolute atomic E-state index is 12.1. The number of aryl methyl sites for hydroxylation is 1. The van der Waals surface area contributed by atoms with Crippen LogP contribution in [0.3, 0.4) is 0 Å². The van der Waals surface area contributed by atoms with Crippen LogP contribution in [0.2, 0.25) is 0 Å². The van der Waals surface area contributed by atoms with Gasteiger partial charge in [0.1, 0.15) is 0 Å². The Morgan fingerprint density at radius 1 is 1.32 bits per heavy atom. The minimum atomic E-state index is 0.153. The van der Waals surface area contributed by atoms with Gasteiger partial charge in [-0.15, -0.1) is 0 Å². The summed E-state index contributed by atoms with van der Waals surface area (Å²) in [6, 6.07) is 8.09. The Balaban J connectivity index is 1.77. The first-order valence-electron chi connectivity index (χ1n) is 7.11. The minimum Gasteiger partial charge on any atom is -0.357 e. The molecule has 19 heavy (non-hydrogen) atoms. The van der Waals surface area contributed by atoms with Crippen molar-refractivity contribution < 1.29 is 4.79 Å². The van der Waals surface area contributed by atoms with Crippen LogP contribution in [0.15, 0.2) is 24.3 Å². The molecule has 1 heterocycles. The number of hydrogen-bond donors (Lipinski definition) is 2. The van der Waals surface area contributed by atoms with Gasteiger partial charge >= 0.3 is 0 Å². The van der Waals surface area contributed by atoms with Crippen LogP contribution in [-0.4, -0.2) is 10.9 Å². The highest BCUT2D eigenvalue weighted by atomic mass is 16.1. The van der Waals surface area contributed by atoms with E-state index in [4.69, 9.17) is 0 Å². The van der Waals surface area contributed by atoms with Crippen LogP contribution in [0, 0.1) is 12.8 Å². The standard InChI is InChI=1S/C16H20N2O/c1-11-16(13-8-4-5-9-14(13)17-11)18-15(19)10-12-6-2-3-7-12/h4-5,8-9,12,17H,2-3,6-7,10H2,1H3,(H,18,19). The average Bonchev–Trinajstić information content (AvgIpc) is 2.99. The summed E-state index contributed by atoms with van der Waals surface area (Å²) in [6.07, 6.45) is 5.65. The fourth-order valence-electron chi connectivity index (χ4n) is 3.10. The van der Waals surface area contributed by atoms with Crippen LogP contribution in [0.1, 0.15) is 37.8 Å². The van der Waals surface area contributed by atoms with Gasteiger partial charge in [0.2, 0.25) is 5.91 Å². The summed E-state index contributed by atoms with van der Waals surface area (Å²) in [4.78, 5) is 15.4. The monoisotopic (exact) mass is 256 g/mol. The summed E-state index contributed by atoms with van der Waals surface area (Å²) >= 11 is 0. The normalized spacial score (nSPS) is 16.1. The lowest BCUT2D eigenvalue weighted by atomic mass is 10.0. The van der Waals surface area contributed by atoms with Gasteiger partial charge in [0, 0.05) is 23.0 Å². The van der Waals surface area contributed by atoms with Crippen LogP contribution in [-0.2, 0) is 4.79 Å². The molecule has 100 valence electrons. The first-order valence-corrected chi connectivity index (χ1v) is 7.11. The van der Waals surface area contributed by atoms with Crippen LogP contribution < -0.4 is 5.32 Å². The van der Waals surface area contributed by atoms with Gasteiger partial charge in [-0.05, 0) is 31.7 Å². The molecule has 0 saturated heterocycles. The number of anilines is 1. The molecule has 2 aromatic rings. The quantitative estimate of drug-likeness (QED) is 0.856. The molecule has 1 amide bonds. The van der Waals surface area contributed by atoms with Gasteiger partial charge in [0.15, 0.2) is 0 Å². The number of carbonyl (C=O) groups is 1. The van der Waals surface area contributed by atoms with Crippen molar-refractivity contribution in [2.75, 3.05) is 5.32 Å². The first kappa shape index (κ1) is 12.3. The van der Waals surface area contributed by atoms with Gasteiger partial charge in [-0.1, -0.05) is 31.0 Å². The lowest BCUT2D eigenvalue weighted by Crippen LogP contribution is -2.15. The Morgan fingerprint density at radius 2 is 2.05 bits per heavy atom. The number of carbonyl (C=O) groups excluding carboxylic acids is 1. The van der Waals surface area contributed by atoms with Gasteiger partial charge < -0.3 is 10.3 Å². The molecule has 1 fully saturated rings. The van der Waals surface area contributed by atoms with E-state index in [0.29, 0.717) is 12.3 Å². The van der Waals surface area contributed by atoms with E-state index in [1.165, 1.54) is 25.7 Å². The molecule has 1 aromatic heterocycles. The molecule has 1 saturated carbocycles. The van der Waals surface area contributed by atoms with Gasteiger partial charge in [0.25, 0.3) is 0 Å². The van der Waals surface area contributed by atoms with E-state index < -0.39 is 0 Å². The molecule has 0 unspecified atom stereocenters. The largest absolute Gasteiger partial charge is 0.357 e. The Hall–Kier alpha value is -1.77. The van der Waals surface area contributed by atoms with Crippen molar-refractivity contribution in [2.24, 2.45) is 5.92 Å². The van der Waals surface area contributed by atoms with Crippen molar-refractivity contribution >= 4 is 22.5 Å². The number of rotatable bonds is 3. The number of aromatic nitrogens is 1. The highest BCUT2D eigenvalue weighted by molar-refractivity contribution is 6.03. The number of amides is 1. The van der Waals surface area contributed by atoms with Crippen molar-refractivity contribution in [1.29, 1.82) is 0 Å². The first-order chi connectivity index (χ1) is 9.24. The minimum absolute atomic E-state index is 0.153. The zero-order valence-electron chi connectivity index (χ0n) is 11.3. The second-order valence-corrected chi connectivity index (χ2v) is 5.57. The molecule has 0 radical (unpaired) electrons. The molecule has 0 atom stereocenters. The number of aromatic amines is 1. The van der Waals surface area contributed by atoms with Crippen molar-refractivity contribution in [3.05, 3.63) is 30.0 Å². The van der Waals surface area contributed by atoms with Crippen molar-refractivity contribution in [3.63, 3.8) is 0 Å². The Labute approximate surface area is 113 Å². The summed E-state index contributed by atoms with van der Waals surface area (Å²) in [6.45, 7) is 2.01. The second kappa shape index (κ2) is 5.08.